The first-order valence-electron chi connectivity index (χ1n) is 8.79. The topological polar surface area (TPSA) is 90.3 Å². The average molecular weight is 344 g/mol. The van der Waals surface area contributed by atoms with Crippen molar-refractivity contribution in [1.82, 2.24) is 9.80 Å². The fourth-order valence-corrected chi connectivity index (χ4v) is 2.71. The second kappa shape index (κ2) is 9.71. The van der Waals surface area contributed by atoms with Gasteiger partial charge in [-0.3, -0.25) is 0 Å². The van der Waals surface area contributed by atoms with Gasteiger partial charge in [-0.2, -0.15) is 0 Å². The normalized spacial score (nSPS) is 19.3. The van der Waals surface area contributed by atoms with Crippen LogP contribution in [0.2, 0.25) is 0 Å². The van der Waals surface area contributed by atoms with Gasteiger partial charge >= 0.3 is 12.2 Å². The molecule has 140 valence electrons. The molecule has 2 N–H and O–H groups in total. The zero-order chi connectivity index (χ0) is 18.2. The summed E-state index contributed by atoms with van der Waals surface area (Å²) in [5, 5.41) is 17.4. The number of likely N-dealkylation sites (tertiary alicyclic amines) is 2. The highest BCUT2D eigenvalue weighted by atomic mass is 16.6. The third kappa shape index (κ3) is 7.86. The number of hydrogen-bond acceptors (Lipinski definition) is 4. The standard InChI is InChI=1S/C11H21NO3.C6H11NO2/c1-11(2,3)15-10(14)12-6-4-9(8-13)5-7-12;8-6(9)7-4-2-1-3-5-7/h9,13H,4-8H2,1-3H3;1-5H2,(H,8,9). The van der Waals surface area contributed by atoms with Crippen molar-refractivity contribution in [3.05, 3.63) is 0 Å². The Kier molecular flexibility index (Phi) is 8.31. The maximum absolute atomic E-state index is 11.6. The summed E-state index contributed by atoms with van der Waals surface area (Å²) < 4.78 is 5.27. The van der Waals surface area contributed by atoms with E-state index >= 15 is 0 Å². The lowest BCUT2D eigenvalue weighted by atomic mass is 9.98. The maximum Gasteiger partial charge on any atom is 0.410 e. The first-order valence-corrected chi connectivity index (χ1v) is 8.79. The number of rotatable bonds is 1. The molecule has 2 heterocycles. The van der Waals surface area contributed by atoms with Gasteiger partial charge in [0.2, 0.25) is 0 Å². The summed E-state index contributed by atoms with van der Waals surface area (Å²) in [7, 11) is 0. The second-order valence-corrected chi connectivity index (χ2v) is 7.42. The van der Waals surface area contributed by atoms with Gasteiger partial charge in [0.1, 0.15) is 5.60 Å². The van der Waals surface area contributed by atoms with Crippen LogP contribution in [-0.2, 0) is 4.74 Å². The Morgan fingerprint density at radius 1 is 1.00 bits per heavy atom. The van der Waals surface area contributed by atoms with Gasteiger partial charge in [0.05, 0.1) is 0 Å². The van der Waals surface area contributed by atoms with E-state index in [1.165, 1.54) is 11.3 Å². The molecule has 0 aromatic heterocycles. The molecule has 0 saturated carbocycles. The first kappa shape index (κ1) is 20.5. The number of hydrogen-bond donors (Lipinski definition) is 2. The molecule has 0 spiro atoms. The van der Waals surface area contributed by atoms with Gasteiger partial charge in [0, 0.05) is 32.8 Å². The van der Waals surface area contributed by atoms with Crippen LogP contribution in [0.3, 0.4) is 0 Å². The van der Waals surface area contributed by atoms with Crippen LogP contribution in [0.25, 0.3) is 0 Å². The SMILES string of the molecule is CC(C)(C)OC(=O)N1CCC(CO)CC1.O=C(O)N1CCCCC1. The summed E-state index contributed by atoms with van der Waals surface area (Å²) in [6.45, 7) is 8.68. The van der Waals surface area contributed by atoms with Gasteiger partial charge in [-0.05, 0) is 58.8 Å². The average Bonchev–Trinajstić information content (AvgIpc) is 2.55. The summed E-state index contributed by atoms with van der Waals surface area (Å²) in [5.74, 6) is 0.351. The van der Waals surface area contributed by atoms with Crippen molar-refractivity contribution < 1.29 is 24.5 Å². The Bertz CT molecular complexity index is 394. The zero-order valence-corrected chi connectivity index (χ0v) is 15.2. The van der Waals surface area contributed by atoms with E-state index in [1.807, 2.05) is 20.8 Å². The number of piperidine rings is 2. The number of carbonyl (C=O) groups excluding carboxylic acids is 1. The smallest absolute Gasteiger partial charge is 0.410 e. The number of carbonyl (C=O) groups is 2. The molecule has 2 rings (SSSR count). The summed E-state index contributed by atoms with van der Waals surface area (Å²) in [6.07, 6.45) is 3.99. The van der Waals surface area contributed by atoms with Crippen molar-refractivity contribution in [3.8, 4) is 0 Å². The molecule has 0 aromatic rings. The van der Waals surface area contributed by atoms with Crippen molar-refractivity contribution in [1.29, 1.82) is 0 Å². The monoisotopic (exact) mass is 344 g/mol. The summed E-state index contributed by atoms with van der Waals surface area (Å²) >= 11 is 0. The van der Waals surface area contributed by atoms with Crippen LogP contribution in [0.5, 0.6) is 0 Å². The van der Waals surface area contributed by atoms with Crippen LogP contribution in [0, 0.1) is 5.92 Å². The van der Waals surface area contributed by atoms with E-state index in [1.54, 1.807) is 4.90 Å². The largest absolute Gasteiger partial charge is 0.465 e. The highest BCUT2D eigenvalue weighted by Gasteiger charge is 2.26. The number of aliphatic hydroxyl groups excluding tert-OH is 1. The van der Waals surface area contributed by atoms with Gasteiger partial charge in [0.15, 0.2) is 0 Å². The Morgan fingerprint density at radius 2 is 1.54 bits per heavy atom. The quantitative estimate of drug-likeness (QED) is 0.763. The molecule has 7 heteroatoms. The lowest BCUT2D eigenvalue weighted by molar-refractivity contribution is 0.0159. The molecular formula is C17H32N2O5. The molecule has 0 aromatic carbocycles. The number of aliphatic hydroxyl groups is 1. The Labute approximate surface area is 144 Å². The minimum atomic E-state index is -0.769. The van der Waals surface area contributed by atoms with E-state index < -0.39 is 11.7 Å². The minimum absolute atomic E-state index is 0.224. The van der Waals surface area contributed by atoms with E-state index in [-0.39, 0.29) is 12.7 Å². The first-order chi connectivity index (χ1) is 11.2. The number of nitrogens with zero attached hydrogens (tertiary/aromatic N) is 2. The van der Waals surface area contributed by atoms with Crippen LogP contribution in [0.15, 0.2) is 0 Å². The third-order valence-electron chi connectivity index (χ3n) is 4.15. The fraction of sp³-hybridized carbons (Fsp3) is 0.882. The summed E-state index contributed by atoms with van der Waals surface area (Å²) in [6, 6.07) is 0. The van der Waals surface area contributed by atoms with E-state index in [0.29, 0.717) is 19.0 Å². The Hall–Kier alpha value is -1.50. The van der Waals surface area contributed by atoms with Gasteiger partial charge in [0.25, 0.3) is 0 Å². The van der Waals surface area contributed by atoms with Crippen LogP contribution in [0.4, 0.5) is 9.59 Å². The van der Waals surface area contributed by atoms with E-state index in [9.17, 15) is 9.59 Å². The fourth-order valence-electron chi connectivity index (χ4n) is 2.71. The number of ether oxygens (including phenoxy) is 1. The van der Waals surface area contributed by atoms with E-state index in [0.717, 1.165) is 38.8 Å². The minimum Gasteiger partial charge on any atom is -0.465 e. The van der Waals surface area contributed by atoms with Crippen molar-refractivity contribution in [3.63, 3.8) is 0 Å². The van der Waals surface area contributed by atoms with E-state index in [4.69, 9.17) is 14.9 Å². The second-order valence-electron chi connectivity index (χ2n) is 7.42. The molecule has 0 bridgehead atoms. The molecule has 2 amide bonds. The lowest BCUT2D eigenvalue weighted by Crippen LogP contribution is -2.42. The predicted octanol–water partition coefficient (Wildman–Crippen LogP) is 2.78. The van der Waals surface area contributed by atoms with Gasteiger partial charge in [-0.25, -0.2) is 9.59 Å². The molecule has 2 fully saturated rings. The van der Waals surface area contributed by atoms with Crippen LogP contribution in [-0.4, -0.2) is 70.6 Å². The van der Waals surface area contributed by atoms with Crippen LogP contribution in [0.1, 0.15) is 52.9 Å². The Balaban J connectivity index is 0.000000272. The molecule has 0 atom stereocenters. The van der Waals surface area contributed by atoms with Crippen molar-refractivity contribution >= 4 is 12.2 Å². The Morgan fingerprint density at radius 3 is 1.92 bits per heavy atom. The number of carboxylic acid groups (broad SMARTS) is 1. The molecule has 7 nitrogen and oxygen atoms in total. The predicted molar refractivity (Wildman–Crippen MR) is 91.1 cm³/mol. The molecule has 2 aliphatic heterocycles. The highest BCUT2D eigenvalue weighted by molar-refractivity contribution is 5.68. The van der Waals surface area contributed by atoms with Gasteiger partial charge in [-0.15, -0.1) is 0 Å². The van der Waals surface area contributed by atoms with Crippen LogP contribution < -0.4 is 0 Å². The molecule has 0 radical (unpaired) electrons. The zero-order valence-electron chi connectivity index (χ0n) is 15.2. The summed E-state index contributed by atoms with van der Waals surface area (Å²) in [4.78, 5) is 25.1. The van der Waals surface area contributed by atoms with Gasteiger partial charge < -0.3 is 24.7 Å². The third-order valence-corrected chi connectivity index (χ3v) is 4.15. The van der Waals surface area contributed by atoms with Crippen molar-refractivity contribution in [2.45, 2.75) is 58.5 Å². The van der Waals surface area contributed by atoms with E-state index in [2.05, 4.69) is 0 Å². The molecule has 2 aliphatic rings. The molecule has 24 heavy (non-hydrogen) atoms. The number of amides is 2. The molecule has 2 saturated heterocycles. The molecule has 0 aliphatic carbocycles. The maximum atomic E-state index is 11.6. The van der Waals surface area contributed by atoms with Gasteiger partial charge in [-0.1, -0.05) is 0 Å². The van der Waals surface area contributed by atoms with Crippen molar-refractivity contribution in [2.24, 2.45) is 5.92 Å². The highest BCUT2D eigenvalue weighted by Crippen LogP contribution is 2.18. The van der Waals surface area contributed by atoms with Crippen molar-refractivity contribution in [2.75, 3.05) is 32.8 Å². The molecular weight excluding hydrogens is 312 g/mol. The van der Waals surface area contributed by atoms with Crippen LogP contribution >= 0.6 is 0 Å². The summed E-state index contributed by atoms with van der Waals surface area (Å²) in [5.41, 5.74) is -0.426. The molecule has 0 unspecified atom stereocenters. The lowest BCUT2D eigenvalue weighted by Gasteiger charge is -2.32.